The number of hydrogen-bond donors (Lipinski definition) is 1. The quantitative estimate of drug-likeness (QED) is 0.345. The fourth-order valence-electron chi connectivity index (χ4n) is 1.20. The fraction of sp³-hybridized carbons (Fsp3) is 0.273. The average Bonchev–Trinajstić information content (AvgIpc) is 2.30. The maximum absolute atomic E-state index is 8.60. The van der Waals surface area contributed by atoms with Crippen LogP contribution >= 0.6 is 43.6 Å². The predicted molar refractivity (Wildman–Crippen MR) is 80.7 cm³/mol. The first-order valence-electron chi connectivity index (χ1n) is 4.74. The Bertz CT molecular complexity index is 506. The molecule has 0 saturated heterocycles. The molecule has 0 amide bonds. The number of hydrogen-bond acceptors (Lipinski definition) is 3. The third-order valence-electron chi connectivity index (χ3n) is 2.27. The van der Waals surface area contributed by atoms with Crippen LogP contribution in [-0.2, 0) is 0 Å². The summed E-state index contributed by atoms with van der Waals surface area (Å²) in [5, 5.41) is 11.7. The number of nitrogens with zero attached hydrogens (tertiary/aromatic N) is 2. The highest BCUT2D eigenvalue weighted by atomic mass is 79.9. The second kappa shape index (κ2) is 6.43. The maximum Gasteiger partial charge on any atom is 0.183 e. The Kier molecular flexibility index (Phi) is 5.50. The Morgan fingerprint density at radius 2 is 2.12 bits per heavy atom. The second-order valence-corrected chi connectivity index (χ2v) is 5.76. The summed E-state index contributed by atoms with van der Waals surface area (Å²) in [5.74, 6) is 0. The topological polar surface area (TPSA) is 48.2 Å². The van der Waals surface area contributed by atoms with Gasteiger partial charge in [-0.1, -0.05) is 11.8 Å². The molecule has 0 aliphatic rings. The lowest BCUT2D eigenvalue weighted by Gasteiger charge is -2.10. The minimum atomic E-state index is 0.567. The molecule has 0 bridgehead atoms. The monoisotopic (exact) mass is 375 g/mol. The van der Waals surface area contributed by atoms with E-state index in [1.54, 1.807) is 0 Å². The van der Waals surface area contributed by atoms with E-state index in [4.69, 9.17) is 5.26 Å². The van der Waals surface area contributed by atoms with Crippen molar-refractivity contribution < 1.29 is 0 Å². The van der Waals surface area contributed by atoms with Gasteiger partial charge in [0, 0.05) is 8.95 Å². The zero-order valence-corrected chi connectivity index (χ0v) is 13.6. The summed E-state index contributed by atoms with van der Waals surface area (Å²) in [7, 11) is 0. The average molecular weight is 377 g/mol. The van der Waals surface area contributed by atoms with E-state index >= 15 is 0 Å². The number of thioether (sulfide) groups is 1. The van der Waals surface area contributed by atoms with Crippen LogP contribution in [0.25, 0.3) is 0 Å². The number of aliphatic imine (C=N–C) groups is 1. The summed E-state index contributed by atoms with van der Waals surface area (Å²) in [6.07, 6.45) is 3.74. The first kappa shape index (κ1) is 14.6. The van der Waals surface area contributed by atoms with Gasteiger partial charge in [-0.25, -0.2) is 4.99 Å². The largest absolute Gasteiger partial charge is 0.271 e. The van der Waals surface area contributed by atoms with E-state index in [1.807, 2.05) is 32.4 Å². The van der Waals surface area contributed by atoms with Crippen molar-refractivity contribution in [2.45, 2.75) is 13.8 Å². The van der Waals surface area contributed by atoms with Crippen LogP contribution in [0.2, 0.25) is 0 Å². The van der Waals surface area contributed by atoms with Gasteiger partial charge in [0.15, 0.2) is 11.4 Å². The van der Waals surface area contributed by atoms with Crippen molar-refractivity contribution in [3.05, 3.63) is 26.1 Å². The Morgan fingerprint density at radius 1 is 1.47 bits per heavy atom. The normalized spacial score (nSPS) is 11.2. The van der Waals surface area contributed by atoms with Crippen LogP contribution in [0, 0.1) is 25.3 Å². The molecule has 0 fully saturated rings. The molecule has 1 rings (SSSR count). The van der Waals surface area contributed by atoms with Crippen LogP contribution in [0.1, 0.15) is 11.1 Å². The Balaban J connectivity index is 3.33. The van der Waals surface area contributed by atoms with Gasteiger partial charge in [0.25, 0.3) is 0 Å². The zero-order chi connectivity index (χ0) is 13.0. The summed E-state index contributed by atoms with van der Waals surface area (Å²) in [6.45, 7) is 4.07. The van der Waals surface area contributed by atoms with Crippen molar-refractivity contribution in [2.75, 3.05) is 6.26 Å². The molecule has 0 spiro atoms. The Hall–Kier alpha value is -0.510. The predicted octanol–water partition coefficient (Wildman–Crippen LogP) is 4.25. The molecule has 0 saturated carbocycles. The summed E-state index contributed by atoms with van der Waals surface area (Å²) < 4.78 is 1.84. The van der Waals surface area contributed by atoms with Gasteiger partial charge in [0.1, 0.15) is 0 Å². The lowest BCUT2D eigenvalue weighted by atomic mass is 10.1. The Labute approximate surface area is 122 Å². The van der Waals surface area contributed by atoms with Gasteiger partial charge >= 0.3 is 0 Å². The van der Waals surface area contributed by atoms with Gasteiger partial charge in [-0.05, 0) is 69.2 Å². The third kappa shape index (κ3) is 3.47. The highest BCUT2D eigenvalue weighted by molar-refractivity contribution is 9.11. The van der Waals surface area contributed by atoms with Gasteiger partial charge in [-0.15, -0.1) is 0 Å². The molecule has 0 atom stereocenters. The summed E-state index contributed by atoms with van der Waals surface area (Å²) in [4.78, 5) is 4.42. The second-order valence-electron chi connectivity index (χ2n) is 3.32. The van der Waals surface area contributed by atoms with Crippen molar-refractivity contribution in [3.8, 4) is 6.19 Å². The molecule has 0 aliphatic carbocycles. The molecule has 0 aliphatic heterocycles. The van der Waals surface area contributed by atoms with E-state index in [2.05, 4.69) is 42.2 Å². The number of amidine groups is 1. The lowest BCUT2D eigenvalue weighted by Crippen LogP contribution is -2.12. The van der Waals surface area contributed by atoms with Gasteiger partial charge < -0.3 is 0 Å². The van der Waals surface area contributed by atoms with Gasteiger partial charge in [0.05, 0.1) is 5.69 Å². The minimum absolute atomic E-state index is 0.567. The molecular weight excluding hydrogens is 366 g/mol. The molecule has 1 aromatic rings. The number of aryl methyl sites for hydroxylation is 1. The van der Waals surface area contributed by atoms with Crippen LogP contribution < -0.4 is 5.32 Å². The number of halogens is 2. The zero-order valence-electron chi connectivity index (χ0n) is 9.64. The van der Waals surface area contributed by atoms with E-state index in [0.717, 1.165) is 20.2 Å². The molecule has 1 aromatic carbocycles. The van der Waals surface area contributed by atoms with Crippen molar-refractivity contribution in [3.63, 3.8) is 0 Å². The van der Waals surface area contributed by atoms with E-state index in [9.17, 15) is 0 Å². The fourth-order valence-corrected chi connectivity index (χ4v) is 3.04. The van der Waals surface area contributed by atoms with Crippen LogP contribution in [-0.4, -0.2) is 11.4 Å². The van der Waals surface area contributed by atoms with Crippen molar-refractivity contribution in [2.24, 2.45) is 4.99 Å². The van der Waals surface area contributed by atoms with Crippen molar-refractivity contribution in [1.82, 2.24) is 5.32 Å². The van der Waals surface area contributed by atoms with Gasteiger partial charge in [0.2, 0.25) is 0 Å². The van der Waals surface area contributed by atoms with Crippen molar-refractivity contribution >= 4 is 54.5 Å². The van der Waals surface area contributed by atoms with Gasteiger partial charge in [-0.2, -0.15) is 5.26 Å². The molecule has 0 heterocycles. The standard InChI is InChI=1S/C11H11Br2N3S/c1-6-4-8(12)10(9(13)7(6)2)16-11(17-3)15-5-14/h4H,1-3H3,(H,15,16). The molecule has 1 N–H and O–H groups in total. The van der Waals surface area contributed by atoms with Gasteiger partial charge in [-0.3, -0.25) is 5.32 Å². The highest BCUT2D eigenvalue weighted by Crippen LogP contribution is 2.38. The smallest absolute Gasteiger partial charge is 0.183 e. The number of benzene rings is 1. The first-order chi connectivity index (χ1) is 8.01. The molecule has 90 valence electrons. The molecular formula is C11H11Br2N3S. The molecule has 6 heteroatoms. The van der Waals surface area contributed by atoms with Crippen LogP contribution in [0.3, 0.4) is 0 Å². The lowest BCUT2D eigenvalue weighted by molar-refractivity contribution is 1.25. The summed E-state index contributed by atoms with van der Waals surface area (Å²) in [6, 6.07) is 2.02. The summed E-state index contributed by atoms with van der Waals surface area (Å²) in [5.41, 5.74) is 3.12. The third-order valence-corrected chi connectivity index (χ3v) is 4.42. The van der Waals surface area contributed by atoms with Crippen LogP contribution in [0.15, 0.2) is 20.0 Å². The van der Waals surface area contributed by atoms with Crippen LogP contribution in [0.5, 0.6) is 0 Å². The van der Waals surface area contributed by atoms with E-state index < -0.39 is 0 Å². The number of nitriles is 1. The molecule has 0 aromatic heterocycles. The SMILES string of the molecule is CSC(=Nc1c(Br)cc(C)c(C)c1Br)NC#N. The van der Waals surface area contributed by atoms with E-state index in [1.165, 1.54) is 17.3 Å². The molecule has 17 heavy (non-hydrogen) atoms. The minimum Gasteiger partial charge on any atom is -0.271 e. The number of nitrogens with one attached hydrogen (secondary N) is 1. The van der Waals surface area contributed by atoms with E-state index in [-0.39, 0.29) is 0 Å². The summed E-state index contributed by atoms with van der Waals surface area (Å²) >= 11 is 8.41. The van der Waals surface area contributed by atoms with E-state index in [0.29, 0.717) is 5.17 Å². The Morgan fingerprint density at radius 3 is 2.65 bits per heavy atom. The number of rotatable bonds is 1. The molecule has 0 unspecified atom stereocenters. The van der Waals surface area contributed by atoms with Crippen LogP contribution in [0.4, 0.5) is 5.69 Å². The highest BCUT2D eigenvalue weighted by Gasteiger charge is 2.10. The maximum atomic E-state index is 8.60. The molecule has 3 nitrogen and oxygen atoms in total. The molecule has 0 radical (unpaired) electrons. The first-order valence-corrected chi connectivity index (χ1v) is 7.55. The van der Waals surface area contributed by atoms with Crippen molar-refractivity contribution in [1.29, 1.82) is 5.26 Å².